The number of halogens is 1. The highest BCUT2D eigenvalue weighted by atomic mass is 35.5. The zero-order valence-electron chi connectivity index (χ0n) is 12.6. The molecule has 7 heteroatoms. The Morgan fingerprint density at radius 2 is 1.92 bits per heavy atom. The molecule has 2 aromatic heterocycles. The second-order valence-electron chi connectivity index (χ2n) is 4.97. The standard InChI is InChI=1S/C17H14ClN5O/c18-15-10-20-11-22-16(15)21-8-12-3-5-14(6-4-12)23-17(24)13-2-1-7-19-9-13/h1-7,9-11H,8H2,(H,23,24)(H,20,21,22). The molecule has 0 unspecified atom stereocenters. The van der Waals surface area contributed by atoms with Crippen LogP contribution in [0, 0.1) is 0 Å². The minimum Gasteiger partial charge on any atom is -0.365 e. The molecular weight excluding hydrogens is 326 g/mol. The number of carbonyl (C=O) groups is 1. The Kier molecular flexibility index (Phi) is 4.98. The molecule has 0 spiro atoms. The fraction of sp³-hybridized carbons (Fsp3) is 0.0588. The molecule has 3 rings (SSSR count). The van der Waals surface area contributed by atoms with Crippen molar-refractivity contribution in [2.45, 2.75) is 6.54 Å². The van der Waals surface area contributed by atoms with Crippen LogP contribution < -0.4 is 10.6 Å². The fourth-order valence-electron chi connectivity index (χ4n) is 2.03. The van der Waals surface area contributed by atoms with E-state index in [-0.39, 0.29) is 5.91 Å². The molecule has 0 aliphatic carbocycles. The van der Waals surface area contributed by atoms with Gasteiger partial charge in [0.1, 0.15) is 17.2 Å². The summed E-state index contributed by atoms with van der Waals surface area (Å²) in [5, 5.41) is 6.43. The van der Waals surface area contributed by atoms with Gasteiger partial charge in [-0.3, -0.25) is 9.78 Å². The topological polar surface area (TPSA) is 79.8 Å². The van der Waals surface area contributed by atoms with Crippen LogP contribution in [0.3, 0.4) is 0 Å². The number of aromatic nitrogens is 3. The van der Waals surface area contributed by atoms with Crippen molar-refractivity contribution in [3.63, 3.8) is 0 Å². The third-order valence-corrected chi connectivity index (χ3v) is 3.54. The summed E-state index contributed by atoms with van der Waals surface area (Å²) in [6.45, 7) is 0.563. The molecule has 0 aliphatic heterocycles. The van der Waals surface area contributed by atoms with Crippen LogP contribution >= 0.6 is 11.6 Å². The average Bonchev–Trinajstić information content (AvgIpc) is 2.63. The first kappa shape index (κ1) is 15.9. The highest BCUT2D eigenvalue weighted by molar-refractivity contribution is 6.32. The van der Waals surface area contributed by atoms with Gasteiger partial charge in [-0.05, 0) is 29.8 Å². The summed E-state index contributed by atoms with van der Waals surface area (Å²) >= 11 is 5.99. The van der Waals surface area contributed by atoms with Gasteiger partial charge in [-0.25, -0.2) is 9.97 Å². The monoisotopic (exact) mass is 339 g/mol. The maximum Gasteiger partial charge on any atom is 0.257 e. The van der Waals surface area contributed by atoms with Crippen LogP contribution in [0.25, 0.3) is 0 Å². The van der Waals surface area contributed by atoms with Gasteiger partial charge in [0.05, 0.1) is 11.8 Å². The van der Waals surface area contributed by atoms with Gasteiger partial charge in [-0.15, -0.1) is 0 Å². The van der Waals surface area contributed by atoms with Crippen LogP contribution in [0.15, 0.2) is 61.3 Å². The molecule has 3 aromatic rings. The SMILES string of the molecule is O=C(Nc1ccc(CNc2ncncc2Cl)cc1)c1cccnc1. The van der Waals surface area contributed by atoms with Crippen LogP contribution in [0.4, 0.5) is 11.5 Å². The van der Waals surface area contributed by atoms with Crippen LogP contribution in [-0.4, -0.2) is 20.9 Å². The minimum atomic E-state index is -0.193. The van der Waals surface area contributed by atoms with Gasteiger partial charge in [0.2, 0.25) is 0 Å². The second-order valence-corrected chi connectivity index (χ2v) is 5.37. The molecule has 120 valence electrons. The van der Waals surface area contributed by atoms with Crippen molar-refractivity contribution in [2.75, 3.05) is 10.6 Å². The van der Waals surface area contributed by atoms with Crippen molar-refractivity contribution in [2.24, 2.45) is 0 Å². The smallest absolute Gasteiger partial charge is 0.257 e. The summed E-state index contributed by atoms with van der Waals surface area (Å²) in [7, 11) is 0. The molecule has 2 heterocycles. The minimum absolute atomic E-state index is 0.193. The van der Waals surface area contributed by atoms with E-state index < -0.39 is 0 Å². The Balaban J connectivity index is 1.59. The highest BCUT2D eigenvalue weighted by Gasteiger charge is 2.06. The lowest BCUT2D eigenvalue weighted by Gasteiger charge is -2.08. The van der Waals surface area contributed by atoms with E-state index in [9.17, 15) is 4.79 Å². The van der Waals surface area contributed by atoms with Gasteiger partial charge in [0.25, 0.3) is 5.91 Å². The second kappa shape index (κ2) is 7.52. The summed E-state index contributed by atoms with van der Waals surface area (Å²) in [4.78, 5) is 23.9. The predicted molar refractivity (Wildman–Crippen MR) is 93.0 cm³/mol. The Bertz CT molecular complexity index is 824. The molecule has 24 heavy (non-hydrogen) atoms. The van der Waals surface area contributed by atoms with Gasteiger partial charge in [-0.1, -0.05) is 23.7 Å². The number of benzene rings is 1. The summed E-state index contributed by atoms with van der Waals surface area (Å²) < 4.78 is 0. The first-order chi connectivity index (χ1) is 11.7. The maximum absolute atomic E-state index is 12.1. The van der Waals surface area contributed by atoms with Crippen LogP contribution in [-0.2, 0) is 6.54 Å². The van der Waals surface area contributed by atoms with E-state index >= 15 is 0 Å². The zero-order valence-corrected chi connectivity index (χ0v) is 13.4. The van der Waals surface area contributed by atoms with E-state index in [0.29, 0.717) is 28.6 Å². The highest BCUT2D eigenvalue weighted by Crippen LogP contribution is 2.18. The maximum atomic E-state index is 12.1. The molecule has 0 radical (unpaired) electrons. The number of hydrogen-bond acceptors (Lipinski definition) is 5. The number of amides is 1. The summed E-state index contributed by atoms with van der Waals surface area (Å²) in [5.74, 6) is 0.391. The van der Waals surface area contributed by atoms with E-state index in [2.05, 4.69) is 25.6 Å². The van der Waals surface area contributed by atoms with Gasteiger partial charge >= 0.3 is 0 Å². The summed E-state index contributed by atoms with van der Waals surface area (Å²) in [5.41, 5.74) is 2.26. The molecule has 2 N–H and O–H groups in total. The summed E-state index contributed by atoms with van der Waals surface area (Å²) in [6, 6.07) is 11.0. The van der Waals surface area contributed by atoms with Crippen LogP contribution in [0.1, 0.15) is 15.9 Å². The van der Waals surface area contributed by atoms with Crippen LogP contribution in [0.2, 0.25) is 5.02 Å². The molecule has 0 saturated heterocycles. The predicted octanol–water partition coefficient (Wildman–Crippen LogP) is 3.39. The Labute approximate surface area is 143 Å². The number of rotatable bonds is 5. The summed E-state index contributed by atoms with van der Waals surface area (Å²) in [6.07, 6.45) is 6.13. The van der Waals surface area contributed by atoms with Crippen molar-refractivity contribution in [3.8, 4) is 0 Å². The van der Waals surface area contributed by atoms with E-state index in [4.69, 9.17) is 11.6 Å². The largest absolute Gasteiger partial charge is 0.365 e. The molecule has 0 fully saturated rings. The lowest BCUT2D eigenvalue weighted by Crippen LogP contribution is -2.12. The van der Waals surface area contributed by atoms with Crippen molar-refractivity contribution in [3.05, 3.63) is 77.5 Å². The van der Waals surface area contributed by atoms with Crippen molar-refractivity contribution >= 4 is 29.0 Å². The Hall–Kier alpha value is -2.99. The normalized spacial score (nSPS) is 10.2. The number of pyridine rings is 1. The number of nitrogens with zero attached hydrogens (tertiary/aromatic N) is 3. The van der Waals surface area contributed by atoms with E-state index in [1.54, 1.807) is 18.3 Å². The zero-order chi connectivity index (χ0) is 16.8. The van der Waals surface area contributed by atoms with Gasteiger partial charge in [0, 0.05) is 24.6 Å². The van der Waals surface area contributed by atoms with Crippen molar-refractivity contribution in [1.29, 1.82) is 0 Å². The number of carbonyl (C=O) groups excluding carboxylic acids is 1. The molecule has 0 bridgehead atoms. The van der Waals surface area contributed by atoms with Crippen molar-refractivity contribution in [1.82, 2.24) is 15.0 Å². The molecule has 1 amide bonds. The quantitative estimate of drug-likeness (QED) is 0.744. The molecule has 0 saturated carbocycles. The molecule has 0 atom stereocenters. The molecule has 1 aromatic carbocycles. The fourth-order valence-corrected chi connectivity index (χ4v) is 2.21. The first-order valence-corrected chi connectivity index (χ1v) is 7.60. The molecule has 6 nitrogen and oxygen atoms in total. The first-order valence-electron chi connectivity index (χ1n) is 7.22. The van der Waals surface area contributed by atoms with Gasteiger partial charge < -0.3 is 10.6 Å². The number of anilines is 2. The third-order valence-electron chi connectivity index (χ3n) is 3.26. The number of nitrogens with one attached hydrogen (secondary N) is 2. The Morgan fingerprint density at radius 1 is 1.08 bits per heavy atom. The van der Waals surface area contributed by atoms with E-state index in [1.165, 1.54) is 18.7 Å². The van der Waals surface area contributed by atoms with E-state index in [0.717, 1.165) is 5.56 Å². The van der Waals surface area contributed by atoms with Crippen LogP contribution in [0.5, 0.6) is 0 Å². The lowest BCUT2D eigenvalue weighted by molar-refractivity contribution is 0.102. The number of hydrogen-bond donors (Lipinski definition) is 2. The average molecular weight is 340 g/mol. The van der Waals surface area contributed by atoms with Gasteiger partial charge in [-0.2, -0.15) is 0 Å². The van der Waals surface area contributed by atoms with E-state index in [1.807, 2.05) is 24.3 Å². The third kappa shape index (κ3) is 4.05. The molecule has 0 aliphatic rings. The van der Waals surface area contributed by atoms with Crippen molar-refractivity contribution < 1.29 is 4.79 Å². The van der Waals surface area contributed by atoms with Gasteiger partial charge in [0.15, 0.2) is 0 Å². The molecular formula is C17H14ClN5O. The lowest BCUT2D eigenvalue weighted by atomic mass is 10.2. The Morgan fingerprint density at radius 3 is 2.62 bits per heavy atom.